The summed E-state index contributed by atoms with van der Waals surface area (Å²) in [7, 11) is 0. The van der Waals surface area contributed by atoms with E-state index in [1.54, 1.807) is 0 Å². The zero-order valence-electron chi connectivity index (χ0n) is 11.8. The Kier molecular flexibility index (Phi) is 5.37. The normalized spacial score (nSPS) is 13.6. The Morgan fingerprint density at radius 3 is 2.38 bits per heavy atom. The minimum absolute atomic E-state index is 0.00994. The van der Waals surface area contributed by atoms with E-state index in [0.29, 0.717) is 11.6 Å². The third kappa shape index (κ3) is 4.06. The van der Waals surface area contributed by atoms with E-state index in [2.05, 4.69) is 5.32 Å². The van der Waals surface area contributed by atoms with Gasteiger partial charge >= 0.3 is 5.97 Å². The Morgan fingerprint density at radius 2 is 1.76 bits per heavy atom. The van der Waals surface area contributed by atoms with Crippen molar-refractivity contribution in [3.8, 4) is 0 Å². The minimum atomic E-state index is -0.833. The van der Waals surface area contributed by atoms with Crippen molar-refractivity contribution >= 4 is 17.6 Å². The fraction of sp³-hybridized carbons (Fsp3) is 0.235. The van der Waals surface area contributed by atoms with E-state index in [4.69, 9.17) is 11.6 Å². The molecule has 0 fully saturated rings. The van der Waals surface area contributed by atoms with E-state index in [1.807, 2.05) is 61.5 Å². The molecule has 0 saturated heterocycles. The standard InChI is InChI=1S/C17H18ClNO2/c1-12(14-9-5-6-10-16(14)18)19-11-15(17(20)21)13-7-3-2-4-8-13/h2-10,12,15,19H,11H2,1H3,(H,20,21). The average Bonchev–Trinajstić information content (AvgIpc) is 2.48. The first-order valence-electron chi connectivity index (χ1n) is 6.85. The van der Waals surface area contributed by atoms with E-state index in [9.17, 15) is 9.90 Å². The highest BCUT2D eigenvalue weighted by atomic mass is 35.5. The van der Waals surface area contributed by atoms with Gasteiger partial charge in [0.1, 0.15) is 0 Å². The summed E-state index contributed by atoms with van der Waals surface area (Å²) in [6, 6.07) is 16.8. The summed E-state index contributed by atoms with van der Waals surface area (Å²) in [4.78, 5) is 11.4. The molecular formula is C17H18ClNO2. The molecule has 2 unspecified atom stereocenters. The molecule has 110 valence electrons. The highest BCUT2D eigenvalue weighted by molar-refractivity contribution is 6.31. The average molecular weight is 304 g/mol. The number of aliphatic carboxylic acids is 1. The van der Waals surface area contributed by atoms with Crippen LogP contribution in [0.4, 0.5) is 0 Å². The fourth-order valence-corrected chi connectivity index (χ4v) is 2.56. The van der Waals surface area contributed by atoms with Gasteiger partial charge < -0.3 is 10.4 Å². The van der Waals surface area contributed by atoms with E-state index in [0.717, 1.165) is 11.1 Å². The third-order valence-corrected chi connectivity index (χ3v) is 3.84. The lowest BCUT2D eigenvalue weighted by Gasteiger charge is -2.19. The molecule has 3 nitrogen and oxygen atoms in total. The topological polar surface area (TPSA) is 49.3 Å². The second-order valence-electron chi connectivity index (χ2n) is 4.95. The molecule has 0 aliphatic heterocycles. The molecule has 0 spiro atoms. The van der Waals surface area contributed by atoms with Gasteiger partial charge in [0.15, 0.2) is 0 Å². The van der Waals surface area contributed by atoms with Crippen LogP contribution < -0.4 is 5.32 Å². The number of hydrogen-bond acceptors (Lipinski definition) is 2. The summed E-state index contributed by atoms with van der Waals surface area (Å²) in [6.45, 7) is 2.33. The zero-order valence-corrected chi connectivity index (χ0v) is 12.5. The molecule has 2 aromatic rings. The van der Waals surface area contributed by atoms with Crippen LogP contribution in [0.25, 0.3) is 0 Å². The Bertz CT molecular complexity index is 601. The number of benzene rings is 2. The molecule has 2 aromatic carbocycles. The monoisotopic (exact) mass is 303 g/mol. The molecule has 0 aromatic heterocycles. The fourth-order valence-electron chi connectivity index (χ4n) is 2.26. The van der Waals surface area contributed by atoms with E-state index in [-0.39, 0.29) is 6.04 Å². The first kappa shape index (κ1) is 15.5. The SMILES string of the molecule is CC(NCC(C(=O)O)c1ccccc1)c1ccccc1Cl. The highest BCUT2D eigenvalue weighted by Crippen LogP contribution is 2.23. The smallest absolute Gasteiger partial charge is 0.312 e. The van der Waals surface area contributed by atoms with Crippen molar-refractivity contribution < 1.29 is 9.90 Å². The Labute approximate surface area is 129 Å². The lowest BCUT2D eigenvalue weighted by Crippen LogP contribution is -2.29. The second-order valence-corrected chi connectivity index (χ2v) is 5.36. The lowest BCUT2D eigenvalue weighted by molar-refractivity contribution is -0.138. The zero-order chi connectivity index (χ0) is 15.2. The van der Waals surface area contributed by atoms with Gasteiger partial charge in [-0.3, -0.25) is 4.79 Å². The quantitative estimate of drug-likeness (QED) is 0.852. The Balaban J connectivity index is 2.06. The highest BCUT2D eigenvalue weighted by Gasteiger charge is 2.20. The van der Waals surface area contributed by atoms with Crippen molar-refractivity contribution in [2.24, 2.45) is 0 Å². The maximum atomic E-state index is 11.4. The molecule has 0 saturated carbocycles. The van der Waals surface area contributed by atoms with Gasteiger partial charge in [0.25, 0.3) is 0 Å². The van der Waals surface area contributed by atoms with E-state index in [1.165, 1.54) is 0 Å². The first-order chi connectivity index (χ1) is 10.1. The number of hydrogen-bond donors (Lipinski definition) is 2. The van der Waals surface area contributed by atoms with Gasteiger partial charge in [-0.25, -0.2) is 0 Å². The summed E-state index contributed by atoms with van der Waals surface area (Å²) < 4.78 is 0. The van der Waals surface area contributed by atoms with Gasteiger partial charge in [0.2, 0.25) is 0 Å². The van der Waals surface area contributed by atoms with Crippen LogP contribution in [0.2, 0.25) is 5.02 Å². The van der Waals surface area contributed by atoms with E-state index >= 15 is 0 Å². The Morgan fingerprint density at radius 1 is 1.14 bits per heavy atom. The summed E-state index contributed by atoms with van der Waals surface area (Å²) in [5, 5.41) is 13.3. The molecule has 0 bridgehead atoms. The minimum Gasteiger partial charge on any atom is -0.481 e. The van der Waals surface area contributed by atoms with Gasteiger partial charge in [-0.2, -0.15) is 0 Å². The molecule has 2 rings (SSSR count). The first-order valence-corrected chi connectivity index (χ1v) is 7.23. The summed E-state index contributed by atoms with van der Waals surface area (Å²) in [5.41, 5.74) is 1.76. The van der Waals surface area contributed by atoms with Crippen LogP contribution in [0.3, 0.4) is 0 Å². The molecule has 2 N–H and O–H groups in total. The molecule has 0 aliphatic rings. The third-order valence-electron chi connectivity index (χ3n) is 3.50. The van der Waals surface area contributed by atoms with Crippen molar-refractivity contribution in [3.05, 3.63) is 70.7 Å². The van der Waals surface area contributed by atoms with Crippen LogP contribution in [0, 0.1) is 0 Å². The molecule has 2 atom stereocenters. The summed E-state index contributed by atoms with van der Waals surface area (Å²) >= 11 is 6.16. The molecule has 0 aliphatic carbocycles. The van der Waals surface area contributed by atoms with Crippen LogP contribution in [-0.2, 0) is 4.79 Å². The predicted octanol–water partition coefficient (Wildman–Crippen LogP) is 3.86. The number of rotatable bonds is 6. The van der Waals surface area contributed by atoms with Gasteiger partial charge in [0, 0.05) is 17.6 Å². The van der Waals surface area contributed by atoms with Gasteiger partial charge in [-0.15, -0.1) is 0 Å². The van der Waals surface area contributed by atoms with Crippen LogP contribution >= 0.6 is 11.6 Å². The number of carboxylic acid groups (broad SMARTS) is 1. The van der Waals surface area contributed by atoms with Crippen molar-refractivity contribution in [1.29, 1.82) is 0 Å². The largest absolute Gasteiger partial charge is 0.481 e. The lowest BCUT2D eigenvalue weighted by atomic mass is 9.98. The van der Waals surface area contributed by atoms with Gasteiger partial charge in [-0.1, -0.05) is 60.1 Å². The number of carbonyl (C=O) groups is 1. The van der Waals surface area contributed by atoms with E-state index < -0.39 is 11.9 Å². The van der Waals surface area contributed by atoms with Crippen LogP contribution in [0.15, 0.2) is 54.6 Å². The van der Waals surface area contributed by atoms with Gasteiger partial charge in [0.05, 0.1) is 5.92 Å². The summed E-state index contributed by atoms with van der Waals surface area (Å²) in [6.07, 6.45) is 0. The van der Waals surface area contributed by atoms with Crippen LogP contribution in [-0.4, -0.2) is 17.6 Å². The molecule has 21 heavy (non-hydrogen) atoms. The van der Waals surface area contributed by atoms with Crippen molar-refractivity contribution in [2.45, 2.75) is 18.9 Å². The van der Waals surface area contributed by atoms with Gasteiger partial charge in [-0.05, 0) is 24.1 Å². The molecular weight excluding hydrogens is 286 g/mol. The summed E-state index contributed by atoms with van der Waals surface area (Å²) in [5.74, 6) is -1.41. The molecule has 0 heterocycles. The predicted molar refractivity (Wildman–Crippen MR) is 84.7 cm³/mol. The molecule has 0 amide bonds. The number of carboxylic acids is 1. The van der Waals surface area contributed by atoms with Crippen LogP contribution in [0.1, 0.15) is 30.0 Å². The maximum Gasteiger partial charge on any atom is 0.312 e. The van der Waals surface area contributed by atoms with Crippen molar-refractivity contribution in [1.82, 2.24) is 5.32 Å². The number of halogens is 1. The van der Waals surface area contributed by atoms with Crippen molar-refractivity contribution in [2.75, 3.05) is 6.54 Å². The Hall–Kier alpha value is -1.84. The van der Waals surface area contributed by atoms with Crippen molar-refractivity contribution in [3.63, 3.8) is 0 Å². The maximum absolute atomic E-state index is 11.4. The van der Waals surface area contributed by atoms with Crippen LogP contribution in [0.5, 0.6) is 0 Å². The molecule has 4 heteroatoms. The second kappa shape index (κ2) is 7.25. The molecule has 0 radical (unpaired) electrons. The number of nitrogens with one attached hydrogen (secondary N) is 1.